The molecule has 3 nitrogen and oxygen atoms in total. The van der Waals surface area contributed by atoms with Crippen LogP contribution in [0.1, 0.15) is 12.5 Å². The molecule has 13 heavy (non-hydrogen) atoms. The van der Waals surface area contributed by atoms with Crippen LogP contribution < -0.4 is 4.74 Å². The number of benzene rings is 1. The third-order valence-electron chi connectivity index (χ3n) is 2.16. The summed E-state index contributed by atoms with van der Waals surface area (Å²) in [5.41, 5.74) is 2.00. The highest BCUT2D eigenvalue weighted by atomic mass is 16.5. The lowest BCUT2D eigenvalue weighted by atomic mass is 10.1. The molecule has 0 aliphatic heterocycles. The number of ether oxygens (including phenoxy) is 1. The second-order valence-electron chi connectivity index (χ2n) is 2.85. The van der Waals surface area contributed by atoms with E-state index in [1.54, 1.807) is 13.3 Å². The van der Waals surface area contributed by atoms with E-state index in [9.17, 15) is 0 Å². The zero-order valence-electron chi connectivity index (χ0n) is 7.70. The van der Waals surface area contributed by atoms with E-state index < -0.39 is 0 Å². The lowest BCUT2D eigenvalue weighted by Gasteiger charge is -2.02. The molecular weight excluding hydrogens is 166 g/mol. The van der Waals surface area contributed by atoms with Gasteiger partial charge in [-0.2, -0.15) is 0 Å². The zero-order valence-corrected chi connectivity index (χ0v) is 7.70. The smallest absolute Gasteiger partial charge is 0.173 e. The Morgan fingerprint density at radius 2 is 2.31 bits per heavy atom. The van der Waals surface area contributed by atoms with Crippen LogP contribution in [0, 0.1) is 0 Å². The molecule has 2 aromatic rings. The number of nitrogens with zero attached hydrogens (tertiary/aromatic N) is 1. The molecule has 1 aromatic carbocycles. The fourth-order valence-corrected chi connectivity index (χ4v) is 1.44. The van der Waals surface area contributed by atoms with E-state index in [1.807, 2.05) is 12.1 Å². The van der Waals surface area contributed by atoms with Gasteiger partial charge in [-0.05, 0) is 18.1 Å². The Bertz CT molecular complexity index is 382. The molecule has 0 bridgehead atoms. The Hall–Kier alpha value is -1.51. The van der Waals surface area contributed by atoms with Crippen LogP contribution in [-0.2, 0) is 6.42 Å². The van der Waals surface area contributed by atoms with E-state index in [0.717, 1.165) is 28.7 Å². The second kappa shape index (κ2) is 3.09. The number of rotatable bonds is 2. The predicted molar refractivity (Wildman–Crippen MR) is 49.9 cm³/mol. The van der Waals surface area contributed by atoms with Crippen molar-refractivity contribution in [2.24, 2.45) is 0 Å². The maximum absolute atomic E-state index is 5.19. The van der Waals surface area contributed by atoms with Gasteiger partial charge >= 0.3 is 0 Å². The Kier molecular flexibility index (Phi) is 1.93. The van der Waals surface area contributed by atoms with Crippen LogP contribution in [0.5, 0.6) is 5.75 Å². The maximum atomic E-state index is 5.19. The quantitative estimate of drug-likeness (QED) is 0.706. The Balaban J connectivity index is 2.74. The molecule has 0 radical (unpaired) electrons. The molecule has 0 atom stereocenters. The van der Waals surface area contributed by atoms with Crippen molar-refractivity contribution < 1.29 is 9.26 Å². The molecule has 0 spiro atoms. The molecule has 2 rings (SSSR count). The molecule has 0 N–H and O–H groups in total. The highest BCUT2D eigenvalue weighted by Gasteiger charge is 2.08. The monoisotopic (exact) mass is 177 g/mol. The second-order valence-corrected chi connectivity index (χ2v) is 2.85. The Morgan fingerprint density at radius 3 is 3.00 bits per heavy atom. The van der Waals surface area contributed by atoms with Gasteiger partial charge in [-0.15, -0.1) is 0 Å². The van der Waals surface area contributed by atoms with Gasteiger partial charge in [0.15, 0.2) is 5.58 Å². The van der Waals surface area contributed by atoms with Crippen LogP contribution in [0.3, 0.4) is 0 Å². The third-order valence-corrected chi connectivity index (χ3v) is 2.16. The predicted octanol–water partition coefficient (Wildman–Crippen LogP) is 2.40. The van der Waals surface area contributed by atoms with Gasteiger partial charge in [0.05, 0.1) is 18.7 Å². The summed E-state index contributed by atoms with van der Waals surface area (Å²) in [6.45, 7) is 2.09. The largest absolute Gasteiger partial charge is 0.496 e. The summed E-state index contributed by atoms with van der Waals surface area (Å²) >= 11 is 0. The highest BCUT2D eigenvalue weighted by molar-refractivity contribution is 5.85. The molecule has 3 heteroatoms. The van der Waals surface area contributed by atoms with Gasteiger partial charge in [-0.25, -0.2) is 0 Å². The zero-order chi connectivity index (χ0) is 9.26. The molecule has 0 unspecified atom stereocenters. The van der Waals surface area contributed by atoms with Crippen molar-refractivity contribution in [1.82, 2.24) is 5.16 Å². The summed E-state index contributed by atoms with van der Waals surface area (Å²) in [7, 11) is 1.65. The average Bonchev–Trinajstić information content (AvgIpc) is 2.64. The van der Waals surface area contributed by atoms with Gasteiger partial charge in [0.1, 0.15) is 5.75 Å². The van der Waals surface area contributed by atoms with Crippen molar-refractivity contribution >= 4 is 11.0 Å². The number of hydrogen-bond acceptors (Lipinski definition) is 3. The van der Waals surface area contributed by atoms with Gasteiger partial charge < -0.3 is 9.26 Å². The number of aryl methyl sites for hydroxylation is 1. The number of hydrogen-bond donors (Lipinski definition) is 0. The van der Waals surface area contributed by atoms with E-state index in [-0.39, 0.29) is 0 Å². The van der Waals surface area contributed by atoms with Crippen molar-refractivity contribution in [2.45, 2.75) is 13.3 Å². The number of aromatic nitrogens is 1. The lowest BCUT2D eigenvalue weighted by Crippen LogP contribution is -1.86. The van der Waals surface area contributed by atoms with E-state index in [2.05, 4.69) is 12.1 Å². The maximum Gasteiger partial charge on any atom is 0.173 e. The minimum absolute atomic E-state index is 0.813. The van der Waals surface area contributed by atoms with Gasteiger partial charge in [0, 0.05) is 0 Å². The normalized spacial score (nSPS) is 10.6. The molecule has 0 amide bonds. The summed E-state index contributed by atoms with van der Waals surface area (Å²) in [5.74, 6) is 0.813. The van der Waals surface area contributed by atoms with Crippen LogP contribution in [0.4, 0.5) is 0 Å². The standard InChI is InChI=1S/C10H11NO2/c1-3-7-4-5-9(12-2)8-6-11-13-10(7)8/h4-6H,3H2,1-2H3. The first-order valence-electron chi connectivity index (χ1n) is 4.27. The highest BCUT2D eigenvalue weighted by Crippen LogP contribution is 2.28. The van der Waals surface area contributed by atoms with Crippen molar-refractivity contribution in [3.63, 3.8) is 0 Å². The fraction of sp³-hybridized carbons (Fsp3) is 0.300. The summed E-state index contributed by atoms with van der Waals surface area (Å²) in [6, 6.07) is 3.95. The first-order chi connectivity index (χ1) is 6.36. The van der Waals surface area contributed by atoms with E-state index in [4.69, 9.17) is 9.26 Å². The fourth-order valence-electron chi connectivity index (χ4n) is 1.44. The summed E-state index contributed by atoms with van der Waals surface area (Å²) in [6.07, 6.45) is 2.63. The van der Waals surface area contributed by atoms with Gasteiger partial charge in [0.25, 0.3) is 0 Å². The molecule has 0 aliphatic rings. The minimum Gasteiger partial charge on any atom is -0.496 e. The summed E-state index contributed by atoms with van der Waals surface area (Å²) < 4.78 is 10.3. The molecule has 1 heterocycles. The van der Waals surface area contributed by atoms with Crippen LogP contribution >= 0.6 is 0 Å². The van der Waals surface area contributed by atoms with E-state index in [1.165, 1.54) is 0 Å². The molecular formula is C10H11NO2. The van der Waals surface area contributed by atoms with Crippen molar-refractivity contribution in [3.8, 4) is 5.75 Å². The first-order valence-corrected chi connectivity index (χ1v) is 4.27. The van der Waals surface area contributed by atoms with Crippen molar-refractivity contribution in [3.05, 3.63) is 23.9 Å². The molecule has 0 saturated heterocycles. The van der Waals surface area contributed by atoms with Crippen molar-refractivity contribution in [2.75, 3.05) is 7.11 Å². The van der Waals surface area contributed by atoms with Crippen molar-refractivity contribution in [1.29, 1.82) is 0 Å². The molecule has 0 aliphatic carbocycles. The summed E-state index contributed by atoms with van der Waals surface area (Å²) in [4.78, 5) is 0. The lowest BCUT2D eigenvalue weighted by molar-refractivity contribution is 0.419. The first kappa shape index (κ1) is 8.10. The molecule has 68 valence electrons. The van der Waals surface area contributed by atoms with Crippen LogP contribution in [0.2, 0.25) is 0 Å². The number of methoxy groups -OCH3 is 1. The number of fused-ring (bicyclic) bond motifs is 1. The Morgan fingerprint density at radius 1 is 1.46 bits per heavy atom. The molecule has 0 fully saturated rings. The summed E-state index contributed by atoms with van der Waals surface area (Å²) in [5, 5.41) is 4.71. The van der Waals surface area contributed by atoms with Gasteiger partial charge in [-0.1, -0.05) is 18.1 Å². The van der Waals surface area contributed by atoms with Crippen LogP contribution in [0.15, 0.2) is 22.9 Å². The SMILES string of the molecule is CCc1ccc(OC)c2cnoc12. The third kappa shape index (κ3) is 1.16. The van der Waals surface area contributed by atoms with Gasteiger partial charge in [-0.3, -0.25) is 0 Å². The molecule has 0 saturated carbocycles. The van der Waals surface area contributed by atoms with Crippen LogP contribution in [-0.4, -0.2) is 12.3 Å². The molecule has 1 aromatic heterocycles. The van der Waals surface area contributed by atoms with Crippen LogP contribution in [0.25, 0.3) is 11.0 Å². The van der Waals surface area contributed by atoms with E-state index in [0.29, 0.717) is 0 Å². The average molecular weight is 177 g/mol. The minimum atomic E-state index is 0.813. The Labute approximate surface area is 76.3 Å². The topological polar surface area (TPSA) is 35.3 Å². The van der Waals surface area contributed by atoms with Gasteiger partial charge in [0.2, 0.25) is 0 Å². The van der Waals surface area contributed by atoms with E-state index >= 15 is 0 Å².